The molecule has 22 heavy (non-hydrogen) atoms. The molecule has 0 atom stereocenters. The second-order valence-corrected chi connectivity index (χ2v) is 6.41. The quantitative estimate of drug-likeness (QED) is 0.752. The van der Waals surface area contributed by atoms with Crippen LogP contribution in [0.2, 0.25) is 5.02 Å². The van der Waals surface area contributed by atoms with Gasteiger partial charge in [-0.05, 0) is 49.9 Å². The Morgan fingerprint density at radius 1 is 1.14 bits per heavy atom. The van der Waals surface area contributed by atoms with Crippen molar-refractivity contribution >= 4 is 22.5 Å². The molecule has 6 heteroatoms. The Kier molecular flexibility index (Phi) is 3.39. The van der Waals surface area contributed by atoms with Gasteiger partial charge in [0.25, 0.3) is 5.89 Å². The molecule has 5 nitrogen and oxygen atoms in total. The van der Waals surface area contributed by atoms with Gasteiger partial charge in [-0.1, -0.05) is 11.6 Å². The maximum absolute atomic E-state index is 6.02. The first kappa shape index (κ1) is 13.8. The minimum Gasteiger partial charge on any atom is -0.419 e. The van der Waals surface area contributed by atoms with Crippen molar-refractivity contribution in [3.8, 4) is 11.6 Å². The highest BCUT2D eigenvalue weighted by molar-refractivity contribution is 6.31. The molecule has 0 amide bonds. The number of hydrogen-bond acceptors (Lipinski definition) is 4. The molecule has 0 radical (unpaired) electrons. The summed E-state index contributed by atoms with van der Waals surface area (Å²) in [5.74, 6) is 1.58. The fraction of sp³-hybridized carbons (Fsp3) is 0.375. The van der Waals surface area contributed by atoms with Crippen molar-refractivity contribution in [3.63, 3.8) is 0 Å². The van der Waals surface area contributed by atoms with E-state index in [0.29, 0.717) is 22.9 Å². The van der Waals surface area contributed by atoms with Crippen LogP contribution in [0.25, 0.3) is 22.5 Å². The van der Waals surface area contributed by atoms with E-state index in [9.17, 15) is 0 Å². The largest absolute Gasteiger partial charge is 0.419 e. The lowest BCUT2D eigenvalue weighted by atomic mass is 9.86. The van der Waals surface area contributed by atoms with Crippen molar-refractivity contribution in [2.24, 2.45) is 5.73 Å². The Labute approximate surface area is 132 Å². The first-order chi connectivity index (χ1) is 10.7. The summed E-state index contributed by atoms with van der Waals surface area (Å²) < 4.78 is 5.88. The second kappa shape index (κ2) is 5.41. The zero-order chi connectivity index (χ0) is 15.1. The van der Waals surface area contributed by atoms with Crippen molar-refractivity contribution in [1.82, 2.24) is 15.2 Å². The normalized spacial score (nSPS) is 22.3. The van der Waals surface area contributed by atoms with Crippen LogP contribution < -0.4 is 5.73 Å². The molecule has 0 unspecified atom stereocenters. The van der Waals surface area contributed by atoms with E-state index in [-0.39, 0.29) is 0 Å². The summed E-state index contributed by atoms with van der Waals surface area (Å²) in [4.78, 5) is 3.29. The molecular weight excluding hydrogens is 300 g/mol. The third kappa shape index (κ3) is 2.51. The molecule has 0 spiro atoms. The lowest BCUT2D eigenvalue weighted by Crippen LogP contribution is -2.25. The van der Waals surface area contributed by atoms with Gasteiger partial charge in [-0.15, -0.1) is 10.2 Å². The third-order valence-corrected chi connectivity index (χ3v) is 4.61. The Hall–Kier alpha value is -1.85. The zero-order valence-electron chi connectivity index (χ0n) is 12.1. The highest BCUT2D eigenvalue weighted by atomic mass is 35.5. The molecule has 1 aromatic carbocycles. The van der Waals surface area contributed by atoms with Gasteiger partial charge >= 0.3 is 0 Å². The van der Waals surface area contributed by atoms with Crippen LogP contribution in [0.5, 0.6) is 0 Å². The smallest absolute Gasteiger partial charge is 0.264 e. The summed E-state index contributed by atoms with van der Waals surface area (Å²) in [6.45, 7) is 0. The summed E-state index contributed by atoms with van der Waals surface area (Å²) in [7, 11) is 0. The summed E-state index contributed by atoms with van der Waals surface area (Å²) in [5, 5.41) is 10.2. The molecule has 2 heterocycles. The fourth-order valence-corrected chi connectivity index (χ4v) is 3.27. The second-order valence-electron chi connectivity index (χ2n) is 5.97. The molecule has 0 aliphatic heterocycles. The predicted octanol–water partition coefficient (Wildman–Crippen LogP) is 3.86. The van der Waals surface area contributed by atoms with Gasteiger partial charge in [-0.25, -0.2) is 0 Å². The highest BCUT2D eigenvalue weighted by Crippen LogP contribution is 2.33. The average Bonchev–Trinajstić information content (AvgIpc) is 3.13. The zero-order valence-corrected chi connectivity index (χ0v) is 12.8. The third-order valence-electron chi connectivity index (χ3n) is 4.37. The molecule has 0 bridgehead atoms. The fourth-order valence-electron chi connectivity index (χ4n) is 3.09. The predicted molar refractivity (Wildman–Crippen MR) is 85.8 cm³/mol. The minimum atomic E-state index is 0.317. The van der Waals surface area contributed by atoms with Crippen molar-refractivity contribution in [1.29, 1.82) is 0 Å². The highest BCUT2D eigenvalue weighted by Gasteiger charge is 2.25. The maximum Gasteiger partial charge on any atom is 0.264 e. The average molecular weight is 317 g/mol. The monoisotopic (exact) mass is 316 g/mol. The number of hydrogen-bond donors (Lipinski definition) is 2. The number of nitrogens with zero attached hydrogens (tertiary/aromatic N) is 2. The van der Waals surface area contributed by atoms with Gasteiger partial charge < -0.3 is 15.1 Å². The van der Waals surface area contributed by atoms with Gasteiger partial charge in [0.15, 0.2) is 0 Å². The summed E-state index contributed by atoms with van der Waals surface area (Å²) in [5.41, 5.74) is 7.77. The van der Waals surface area contributed by atoms with Gasteiger partial charge in [-0.3, -0.25) is 0 Å². The molecule has 3 aromatic rings. The Bertz CT molecular complexity index is 801. The van der Waals surface area contributed by atoms with Crippen LogP contribution in [0, 0.1) is 0 Å². The van der Waals surface area contributed by atoms with Crippen LogP contribution in [-0.2, 0) is 0 Å². The molecule has 1 saturated carbocycles. The summed E-state index contributed by atoms with van der Waals surface area (Å²) >= 11 is 6.02. The molecular formula is C16H17ClN4O. The van der Waals surface area contributed by atoms with E-state index in [1.165, 1.54) is 0 Å². The van der Waals surface area contributed by atoms with E-state index in [1.54, 1.807) is 0 Å². The lowest BCUT2D eigenvalue weighted by Gasteiger charge is -2.23. The molecule has 1 aliphatic carbocycles. The van der Waals surface area contributed by atoms with Gasteiger partial charge in [0.05, 0.1) is 0 Å². The number of H-pyrrole nitrogens is 1. The van der Waals surface area contributed by atoms with Crippen LogP contribution in [0.3, 0.4) is 0 Å². The molecule has 4 rings (SSSR count). The molecule has 0 saturated heterocycles. The topological polar surface area (TPSA) is 80.7 Å². The minimum absolute atomic E-state index is 0.317. The Morgan fingerprint density at radius 3 is 2.77 bits per heavy atom. The van der Waals surface area contributed by atoms with Crippen LogP contribution in [0.1, 0.15) is 37.5 Å². The van der Waals surface area contributed by atoms with E-state index >= 15 is 0 Å². The van der Waals surface area contributed by atoms with E-state index in [2.05, 4.69) is 15.2 Å². The summed E-state index contributed by atoms with van der Waals surface area (Å²) in [6, 6.07) is 8.01. The van der Waals surface area contributed by atoms with Gasteiger partial charge in [0.2, 0.25) is 5.89 Å². The summed E-state index contributed by atoms with van der Waals surface area (Å²) in [6.07, 6.45) is 4.08. The molecule has 2 aromatic heterocycles. The van der Waals surface area contributed by atoms with Crippen LogP contribution in [-0.4, -0.2) is 21.2 Å². The number of halogens is 1. The number of fused-ring (bicyclic) bond motifs is 1. The Balaban J connectivity index is 1.62. The maximum atomic E-state index is 6.02. The molecule has 1 fully saturated rings. The van der Waals surface area contributed by atoms with Crippen LogP contribution in [0.15, 0.2) is 28.7 Å². The number of benzene rings is 1. The van der Waals surface area contributed by atoms with Gasteiger partial charge in [0, 0.05) is 27.9 Å². The van der Waals surface area contributed by atoms with E-state index in [4.69, 9.17) is 21.8 Å². The first-order valence-electron chi connectivity index (χ1n) is 7.56. The molecule has 114 valence electrons. The SMILES string of the molecule is NC1CCC(c2nnc(-c3cc4cc(Cl)ccc4[nH]3)o2)CC1. The number of nitrogens with one attached hydrogen (secondary N) is 1. The van der Waals surface area contributed by atoms with Crippen molar-refractivity contribution in [3.05, 3.63) is 35.2 Å². The number of aromatic amines is 1. The standard InChI is InChI=1S/C16H17ClN4O/c17-11-3-6-13-10(7-11)8-14(19-13)16-21-20-15(22-16)9-1-4-12(18)5-2-9/h3,6-9,12,19H,1-2,4-5,18H2. The molecule has 3 N–H and O–H groups in total. The first-order valence-corrected chi connectivity index (χ1v) is 7.94. The van der Waals surface area contributed by atoms with Crippen LogP contribution >= 0.6 is 11.6 Å². The van der Waals surface area contributed by atoms with Gasteiger partial charge in [-0.2, -0.15) is 0 Å². The van der Waals surface area contributed by atoms with Crippen molar-refractivity contribution in [2.75, 3.05) is 0 Å². The number of aromatic nitrogens is 3. The van der Waals surface area contributed by atoms with Gasteiger partial charge in [0.1, 0.15) is 5.69 Å². The van der Waals surface area contributed by atoms with Crippen molar-refractivity contribution in [2.45, 2.75) is 37.6 Å². The van der Waals surface area contributed by atoms with E-state index in [1.807, 2.05) is 24.3 Å². The van der Waals surface area contributed by atoms with Crippen molar-refractivity contribution < 1.29 is 4.42 Å². The van der Waals surface area contributed by atoms with Crippen LogP contribution in [0.4, 0.5) is 0 Å². The number of nitrogens with two attached hydrogens (primary N) is 1. The lowest BCUT2D eigenvalue weighted by molar-refractivity contribution is 0.341. The number of rotatable bonds is 2. The van der Waals surface area contributed by atoms with E-state index < -0.39 is 0 Å². The Morgan fingerprint density at radius 2 is 1.95 bits per heavy atom. The van der Waals surface area contributed by atoms with E-state index in [0.717, 1.165) is 48.2 Å². The molecule has 1 aliphatic rings.